The van der Waals surface area contributed by atoms with Crippen molar-refractivity contribution in [3.63, 3.8) is 0 Å². The Hall–Kier alpha value is -0.840. The van der Waals surface area contributed by atoms with Gasteiger partial charge in [0.2, 0.25) is 0 Å². The van der Waals surface area contributed by atoms with Gasteiger partial charge in [-0.25, -0.2) is 9.59 Å². The van der Waals surface area contributed by atoms with Crippen LogP contribution in [0.5, 0.6) is 0 Å². The van der Waals surface area contributed by atoms with Gasteiger partial charge in [-0.2, -0.15) is 0 Å². The van der Waals surface area contributed by atoms with Crippen molar-refractivity contribution in [1.82, 2.24) is 0 Å². The molecule has 0 aromatic heterocycles. The summed E-state index contributed by atoms with van der Waals surface area (Å²) in [5.74, 6) is -0.942. The van der Waals surface area contributed by atoms with E-state index >= 15 is 0 Å². The molecule has 112 valence electrons. The molecule has 0 heterocycles. The van der Waals surface area contributed by atoms with E-state index < -0.39 is 11.9 Å². The summed E-state index contributed by atoms with van der Waals surface area (Å²) < 4.78 is 10.3. The van der Waals surface area contributed by atoms with Crippen molar-refractivity contribution in [2.24, 2.45) is 0 Å². The minimum Gasteiger partial charge on any atom is -1.00 e. The van der Waals surface area contributed by atoms with Crippen LogP contribution in [0.1, 0.15) is 61.7 Å². The van der Waals surface area contributed by atoms with Crippen LogP contribution in [0.15, 0.2) is 24.3 Å². The Morgan fingerprint density at radius 2 is 1.29 bits per heavy atom. The van der Waals surface area contributed by atoms with Crippen LogP contribution < -0.4 is 29.6 Å². The van der Waals surface area contributed by atoms with Crippen LogP contribution in [-0.4, -0.2) is 25.2 Å². The molecule has 0 aliphatic carbocycles. The van der Waals surface area contributed by atoms with Gasteiger partial charge in [-0.1, -0.05) is 38.8 Å². The molecule has 1 aromatic carbocycles. The normalized spacial score (nSPS) is 9.62. The van der Waals surface area contributed by atoms with E-state index in [1.807, 2.05) is 13.8 Å². The van der Waals surface area contributed by atoms with Gasteiger partial charge >= 0.3 is 41.5 Å². The zero-order valence-electron chi connectivity index (χ0n) is 14.2. The Bertz CT molecular complexity index is 411. The van der Waals surface area contributed by atoms with E-state index in [0.29, 0.717) is 13.2 Å². The largest absolute Gasteiger partial charge is 1.00 e. The minimum absolute atomic E-state index is 0. The van der Waals surface area contributed by atoms with Crippen LogP contribution >= 0.6 is 0 Å². The van der Waals surface area contributed by atoms with Gasteiger partial charge in [0.1, 0.15) is 0 Å². The molecule has 0 spiro atoms. The van der Waals surface area contributed by atoms with E-state index in [1.54, 1.807) is 24.3 Å². The number of unbranched alkanes of at least 4 members (excludes halogenated alkanes) is 2. The number of benzene rings is 1. The molecule has 0 fully saturated rings. The third kappa shape index (κ3) is 7.11. The van der Waals surface area contributed by atoms with Crippen LogP contribution in [0.4, 0.5) is 0 Å². The number of carbonyl (C=O) groups is 2. The maximum Gasteiger partial charge on any atom is 1.00 e. The number of esters is 2. The molecular weight excluding hydrogens is 279 g/mol. The van der Waals surface area contributed by atoms with Gasteiger partial charge in [0.15, 0.2) is 0 Å². The van der Waals surface area contributed by atoms with Gasteiger partial charge in [-0.3, -0.25) is 0 Å². The third-order valence-corrected chi connectivity index (χ3v) is 2.83. The summed E-state index contributed by atoms with van der Waals surface area (Å²) in [4.78, 5) is 23.9. The molecule has 0 N–H and O–H groups in total. The Kier molecular flexibility index (Phi) is 11.3. The minimum atomic E-state index is -0.471. The first-order valence-electron chi connectivity index (χ1n) is 7.14. The molecule has 0 bridgehead atoms. The van der Waals surface area contributed by atoms with Crippen LogP contribution in [0, 0.1) is 0 Å². The molecule has 0 unspecified atom stereocenters. The monoisotopic (exact) mass is 302 g/mol. The predicted molar refractivity (Wildman–Crippen MR) is 77.9 cm³/mol. The molecule has 0 saturated carbocycles. The topological polar surface area (TPSA) is 52.6 Å². The van der Waals surface area contributed by atoms with Crippen molar-refractivity contribution in [1.29, 1.82) is 0 Å². The first-order valence-corrected chi connectivity index (χ1v) is 7.14. The maximum absolute atomic E-state index is 11.9. The molecule has 0 radical (unpaired) electrons. The molecule has 0 amide bonds. The van der Waals surface area contributed by atoms with Gasteiger partial charge in [-0.15, -0.1) is 0 Å². The third-order valence-electron chi connectivity index (χ3n) is 2.83. The SMILES string of the molecule is CCCCOC(=O)c1ccccc1C(=O)OCCCC.[H-].[Na+]. The van der Waals surface area contributed by atoms with E-state index in [4.69, 9.17) is 9.47 Å². The molecule has 0 aliphatic heterocycles. The second-order valence-corrected chi connectivity index (χ2v) is 4.52. The van der Waals surface area contributed by atoms with E-state index in [0.717, 1.165) is 25.7 Å². The van der Waals surface area contributed by atoms with E-state index in [9.17, 15) is 9.59 Å². The van der Waals surface area contributed by atoms with Gasteiger partial charge < -0.3 is 10.9 Å². The first kappa shape index (κ1) is 20.2. The van der Waals surface area contributed by atoms with Crippen LogP contribution in [0.2, 0.25) is 0 Å². The molecule has 1 aromatic rings. The molecule has 1 rings (SSSR count). The number of hydrogen-bond donors (Lipinski definition) is 0. The van der Waals surface area contributed by atoms with Crippen molar-refractivity contribution in [3.8, 4) is 0 Å². The van der Waals surface area contributed by atoms with Crippen molar-refractivity contribution < 1.29 is 50.0 Å². The van der Waals surface area contributed by atoms with E-state index in [2.05, 4.69) is 0 Å². The van der Waals surface area contributed by atoms with Crippen molar-refractivity contribution >= 4 is 11.9 Å². The zero-order chi connectivity index (χ0) is 14.8. The molecule has 4 nitrogen and oxygen atoms in total. The fraction of sp³-hybridized carbons (Fsp3) is 0.500. The van der Waals surface area contributed by atoms with Gasteiger partial charge in [-0.05, 0) is 25.0 Å². The Morgan fingerprint density at radius 3 is 1.62 bits per heavy atom. The Balaban J connectivity index is 0. The van der Waals surface area contributed by atoms with Gasteiger partial charge in [0.25, 0.3) is 0 Å². The summed E-state index contributed by atoms with van der Waals surface area (Å²) in [6.07, 6.45) is 3.53. The van der Waals surface area contributed by atoms with Crippen molar-refractivity contribution in [2.45, 2.75) is 39.5 Å². The molecule has 5 heteroatoms. The Labute approximate surface area is 150 Å². The van der Waals surface area contributed by atoms with Crippen LogP contribution in [0.3, 0.4) is 0 Å². The molecule has 21 heavy (non-hydrogen) atoms. The zero-order valence-corrected chi connectivity index (χ0v) is 15.2. The van der Waals surface area contributed by atoms with E-state index in [1.165, 1.54) is 0 Å². The number of carbonyl (C=O) groups excluding carboxylic acids is 2. The van der Waals surface area contributed by atoms with Crippen molar-refractivity contribution in [3.05, 3.63) is 35.4 Å². The fourth-order valence-corrected chi connectivity index (χ4v) is 1.61. The summed E-state index contributed by atoms with van der Waals surface area (Å²) >= 11 is 0. The average Bonchev–Trinajstić information content (AvgIpc) is 2.47. The molecule has 0 saturated heterocycles. The second-order valence-electron chi connectivity index (χ2n) is 4.52. The standard InChI is InChI=1S/C16H22O4.Na.H/c1-3-5-11-19-15(17)13-9-7-8-10-14(13)16(18)20-12-6-4-2;;/h7-10H,3-6,11-12H2,1-2H3;;/q;+1;-1. The number of rotatable bonds is 8. The van der Waals surface area contributed by atoms with Gasteiger partial charge in [0.05, 0.1) is 24.3 Å². The number of hydrogen-bond acceptors (Lipinski definition) is 4. The Morgan fingerprint density at radius 1 is 0.905 bits per heavy atom. The van der Waals surface area contributed by atoms with Crippen LogP contribution in [-0.2, 0) is 9.47 Å². The smallest absolute Gasteiger partial charge is 1.00 e. The maximum atomic E-state index is 11.9. The second kappa shape index (κ2) is 11.8. The number of ether oxygens (including phenoxy) is 2. The fourth-order valence-electron chi connectivity index (χ4n) is 1.61. The predicted octanol–water partition coefficient (Wildman–Crippen LogP) is 0.717. The van der Waals surface area contributed by atoms with E-state index in [-0.39, 0.29) is 42.1 Å². The summed E-state index contributed by atoms with van der Waals surface area (Å²) in [5, 5.41) is 0. The van der Waals surface area contributed by atoms with Crippen molar-refractivity contribution in [2.75, 3.05) is 13.2 Å². The molecule has 0 aliphatic rings. The average molecular weight is 302 g/mol. The quantitative estimate of drug-likeness (QED) is 0.403. The summed E-state index contributed by atoms with van der Waals surface area (Å²) in [6, 6.07) is 6.59. The summed E-state index contributed by atoms with van der Waals surface area (Å²) in [5.41, 5.74) is 0.537. The van der Waals surface area contributed by atoms with Gasteiger partial charge in [0, 0.05) is 0 Å². The molecule has 0 atom stereocenters. The molecular formula is C16H23NaO4. The van der Waals surface area contributed by atoms with Crippen LogP contribution in [0.25, 0.3) is 0 Å². The summed E-state index contributed by atoms with van der Waals surface area (Å²) in [6.45, 7) is 4.78. The first-order chi connectivity index (χ1) is 9.70. The summed E-state index contributed by atoms with van der Waals surface area (Å²) in [7, 11) is 0.